The Labute approximate surface area is 131 Å². The summed E-state index contributed by atoms with van der Waals surface area (Å²) in [6.07, 6.45) is 2.05. The van der Waals surface area contributed by atoms with E-state index in [4.69, 9.17) is 0 Å². The first-order valence-corrected chi connectivity index (χ1v) is 8.15. The van der Waals surface area contributed by atoms with Gasteiger partial charge < -0.3 is 5.32 Å². The zero-order valence-electron chi connectivity index (χ0n) is 13.3. The summed E-state index contributed by atoms with van der Waals surface area (Å²) in [7, 11) is 0. The second kappa shape index (κ2) is 7.56. The van der Waals surface area contributed by atoms with Gasteiger partial charge in [0.15, 0.2) is 0 Å². The molecule has 0 aliphatic carbocycles. The summed E-state index contributed by atoms with van der Waals surface area (Å²) in [5.74, 6) is 1.01. The van der Waals surface area contributed by atoms with Crippen LogP contribution in [0.2, 0.25) is 0 Å². The van der Waals surface area contributed by atoms with Crippen LogP contribution in [0.5, 0.6) is 0 Å². The smallest absolute Gasteiger partial charge is 0.123 e. The Hall–Kier alpha value is -0.410. The van der Waals surface area contributed by atoms with Crippen LogP contribution in [0.25, 0.3) is 0 Å². The molecular formula is C17H27BrFN. The lowest BCUT2D eigenvalue weighted by Gasteiger charge is -2.26. The van der Waals surface area contributed by atoms with Crippen molar-refractivity contribution in [1.82, 2.24) is 5.32 Å². The molecule has 1 N–H and O–H groups in total. The molecular weight excluding hydrogens is 317 g/mol. The van der Waals surface area contributed by atoms with Crippen molar-refractivity contribution in [1.29, 1.82) is 0 Å². The maximum Gasteiger partial charge on any atom is 0.123 e. The van der Waals surface area contributed by atoms with Crippen molar-refractivity contribution in [2.45, 2.75) is 53.0 Å². The fourth-order valence-corrected chi connectivity index (χ4v) is 2.78. The highest BCUT2D eigenvalue weighted by Crippen LogP contribution is 2.24. The number of hydrogen-bond acceptors (Lipinski definition) is 1. The van der Waals surface area contributed by atoms with Gasteiger partial charge in [-0.1, -0.05) is 29.8 Å². The van der Waals surface area contributed by atoms with Gasteiger partial charge in [0.1, 0.15) is 5.82 Å². The summed E-state index contributed by atoms with van der Waals surface area (Å²) in [6.45, 7) is 12.0. The van der Waals surface area contributed by atoms with Gasteiger partial charge in [-0.3, -0.25) is 0 Å². The van der Waals surface area contributed by atoms with Crippen LogP contribution in [0.4, 0.5) is 4.39 Å². The van der Waals surface area contributed by atoms with E-state index >= 15 is 0 Å². The van der Waals surface area contributed by atoms with E-state index in [1.165, 1.54) is 6.07 Å². The average molecular weight is 344 g/mol. The lowest BCUT2D eigenvalue weighted by atomic mass is 9.90. The van der Waals surface area contributed by atoms with Gasteiger partial charge in [-0.05, 0) is 75.8 Å². The summed E-state index contributed by atoms with van der Waals surface area (Å²) in [6, 6.07) is 4.95. The van der Waals surface area contributed by atoms with E-state index in [-0.39, 0.29) is 11.4 Å². The molecule has 0 heterocycles. The SMILES string of the molecule is CC(C)CC(CNC(C)(C)C)Cc1cc(F)ccc1Br. The lowest BCUT2D eigenvalue weighted by Crippen LogP contribution is -2.39. The minimum absolute atomic E-state index is 0.119. The fraction of sp³-hybridized carbons (Fsp3) is 0.647. The summed E-state index contributed by atoms with van der Waals surface area (Å²) in [5.41, 5.74) is 1.18. The van der Waals surface area contributed by atoms with Gasteiger partial charge in [-0.15, -0.1) is 0 Å². The van der Waals surface area contributed by atoms with Crippen LogP contribution in [-0.2, 0) is 6.42 Å². The van der Waals surface area contributed by atoms with Crippen LogP contribution >= 0.6 is 15.9 Å². The molecule has 0 aliphatic heterocycles. The molecule has 0 saturated carbocycles. The van der Waals surface area contributed by atoms with Gasteiger partial charge in [-0.25, -0.2) is 4.39 Å². The zero-order chi connectivity index (χ0) is 15.3. The predicted octanol–water partition coefficient (Wildman–Crippen LogP) is 5.18. The summed E-state index contributed by atoms with van der Waals surface area (Å²) < 4.78 is 14.4. The topological polar surface area (TPSA) is 12.0 Å². The maximum atomic E-state index is 13.4. The summed E-state index contributed by atoms with van der Waals surface area (Å²) >= 11 is 3.53. The molecule has 0 radical (unpaired) electrons. The Morgan fingerprint density at radius 1 is 1.25 bits per heavy atom. The van der Waals surface area contributed by atoms with Gasteiger partial charge in [0.25, 0.3) is 0 Å². The molecule has 0 aromatic heterocycles. The Morgan fingerprint density at radius 3 is 2.45 bits per heavy atom. The van der Waals surface area contributed by atoms with Crippen molar-refractivity contribution in [3.63, 3.8) is 0 Å². The van der Waals surface area contributed by atoms with Crippen molar-refractivity contribution >= 4 is 15.9 Å². The molecule has 0 spiro atoms. The van der Waals surface area contributed by atoms with Gasteiger partial charge >= 0.3 is 0 Å². The van der Waals surface area contributed by atoms with Crippen molar-refractivity contribution in [3.05, 3.63) is 34.1 Å². The normalized spacial score (nSPS) is 13.8. The molecule has 0 saturated heterocycles. The Kier molecular flexibility index (Phi) is 6.67. The van der Waals surface area contributed by atoms with Crippen LogP contribution in [-0.4, -0.2) is 12.1 Å². The van der Waals surface area contributed by atoms with E-state index in [9.17, 15) is 4.39 Å². The largest absolute Gasteiger partial charge is 0.312 e. The molecule has 1 aromatic carbocycles. The van der Waals surface area contributed by atoms with E-state index in [1.54, 1.807) is 12.1 Å². The highest BCUT2D eigenvalue weighted by atomic mass is 79.9. The monoisotopic (exact) mass is 343 g/mol. The molecule has 0 fully saturated rings. The maximum absolute atomic E-state index is 13.4. The summed E-state index contributed by atoms with van der Waals surface area (Å²) in [5, 5.41) is 3.57. The minimum atomic E-state index is -0.157. The fourth-order valence-electron chi connectivity index (χ4n) is 2.37. The molecule has 3 heteroatoms. The third-order valence-electron chi connectivity index (χ3n) is 3.24. The number of halogens is 2. The first-order chi connectivity index (χ1) is 9.17. The van der Waals surface area contributed by atoms with Gasteiger partial charge in [0.05, 0.1) is 0 Å². The molecule has 0 aliphatic rings. The van der Waals surface area contributed by atoms with Gasteiger partial charge in [-0.2, -0.15) is 0 Å². The van der Waals surface area contributed by atoms with E-state index in [0.717, 1.165) is 29.4 Å². The number of benzene rings is 1. The second-order valence-corrected chi connectivity index (χ2v) is 7.92. The third kappa shape index (κ3) is 6.85. The average Bonchev–Trinajstić information content (AvgIpc) is 2.29. The van der Waals surface area contributed by atoms with Crippen LogP contribution < -0.4 is 5.32 Å². The number of nitrogens with one attached hydrogen (secondary N) is 1. The Bertz CT molecular complexity index is 423. The van der Waals surface area contributed by atoms with Crippen LogP contribution in [0.3, 0.4) is 0 Å². The quantitative estimate of drug-likeness (QED) is 0.750. The van der Waals surface area contributed by atoms with E-state index in [1.807, 2.05) is 0 Å². The van der Waals surface area contributed by atoms with Gasteiger partial charge in [0, 0.05) is 10.0 Å². The molecule has 1 nitrogen and oxygen atoms in total. The van der Waals surface area contributed by atoms with E-state index in [0.29, 0.717) is 11.8 Å². The van der Waals surface area contributed by atoms with Crippen molar-refractivity contribution < 1.29 is 4.39 Å². The molecule has 114 valence electrons. The first-order valence-electron chi connectivity index (χ1n) is 7.36. The molecule has 1 atom stereocenters. The van der Waals surface area contributed by atoms with Gasteiger partial charge in [0.2, 0.25) is 0 Å². The zero-order valence-corrected chi connectivity index (χ0v) is 14.8. The predicted molar refractivity (Wildman–Crippen MR) is 88.5 cm³/mol. The van der Waals surface area contributed by atoms with Crippen molar-refractivity contribution in [2.75, 3.05) is 6.54 Å². The molecule has 20 heavy (non-hydrogen) atoms. The standard InChI is InChI=1S/C17H27BrFN/c1-12(2)8-13(11-20-17(3,4)5)9-14-10-15(19)6-7-16(14)18/h6-7,10,12-13,20H,8-9,11H2,1-5H3. The van der Waals surface area contributed by atoms with Crippen LogP contribution in [0.1, 0.15) is 46.6 Å². The third-order valence-corrected chi connectivity index (χ3v) is 4.02. The van der Waals surface area contributed by atoms with Crippen LogP contribution in [0, 0.1) is 17.7 Å². The highest BCUT2D eigenvalue weighted by molar-refractivity contribution is 9.10. The second-order valence-electron chi connectivity index (χ2n) is 7.07. The summed E-state index contributed by atoms with van der Waals surface area (Å²) in [4.78, 5) is 0. The lowest BCUT2D eigenvalue weighted by molar-refractivity contribution is 0.331. The molecule has 1 aromatic rings. The molecule has 1 unspecified atom stereocenters. The van der Waals surface area contributed by atoms with E-state index < -0.39 is 0 Å². The number of hydrogen-bond donors (Lipinski definition) is 1. The highest BCUT2D eigenvalue weighted by Gasteiger charge is 2.17. The first kappa shape index (κ1) is 17.6. The number of rotatable bonds is 6. The van der Waals surface area contributed by atoms with Crippen molar-refractivity contribution in [3.8, 4) is 0 Å². The molecule has 0 bridgehead atoms. The molecule has 0 amide bonds. The van der Waals surface area contributed by atoms with Crippen LogP contribution in [0.15, 0.2) is 22.7 Å². The Morgan fingerprint density at radius 2 is 1.90 bits per heavy atom. The Balaban J connectivity index is 2.75. The molecule has 1 rings (SSSR count). The minimum Gasteiger partial charge on any atom is -0.312 e. The van der Waals surface area contributed by atoms with E-state index in [2.05, 4.69) is 55.9 Å². The van der Waals surface area contributed by atoms with Crippen molar-refractivity contribution in [2.24, 2.45) is 11.8 Å².